The van der Waals surface area contributed by atoms with Crippen molar-refractivity contribution < 1.29 is 8.91 Å². The van der Waals surface area contributed by atoms with E-state index in [9.17, 15) is 4.39 Å². The molecule has 0 aliphatic heterocycles. The van der Waals surface area contributed by atoms with Gasteiger partial charge in [0.05, 0.1) is 6.54 Å². The molecule has 3 N–H and O–H groups in total. The van der Waals surface area contributed by atoms with Crippen molar-refractivity contribution in [1.82, 2.24) is 10.1 Å². The molecule has 5 nitrogen and oxygen atoms in total. The van der Waals surface area contributed by atoms with E-state index in [1.807, 2.05) is 0 Å². The second-order valence-corrected chi connectivity index (χ2v) is 3.70. The van der Waals surface area contributed by atoms with Gasteiger partial charge in [-0.05, 0) is 18.2 Å². The maximum Gasteiger partial charge on any atom is 0.213 e. The lowest BCUT2D eigenvalue weighted by atomic mass is 10.2. The van der Waals surface area contributed by atoms with Crippen LogP contribution in [-0.4, -0.2) is 15.1 Å². The molecule has 0 unspecified atom stereocenters. The average molecular weight is 252 g/mol. The van der Waals surface area contributed by atoms with Crippen LogP contribution in [0.15, 0.2) is 29.1 Å². The van der Waals surface area contributed by atoms with E-state index in [-0.39, 0.29) is 10.6 Å². The van der Waals surface area contributed by atoms with Crippen LogP contribution in [0.5, 0.6) is 0 Å². The topological polar surface area (TPSA) is 77.0 Å². The molecule has 0 spiro atoms. The Balaban J connectivity index is 2.07. The molecule has 0 aliphatic rings. The van der Waals surface area contributed by atoms with Crippen LogP contribution in [0.1, 0.15) is 11.4 Å². The number of nitrogens with zero attached hydrogens (tertiary/aromatic N) is 2. The van der Waals surface area contributed by atoms with E-state index < -0.39 is 5.82 Å². The molecule has 0 atom stereocenters. The SMILES string of the molecule is NC(=S)c1ccc(NCc2ncon2)cc1F. The maximum absolute atomic E-state index is 13.5. The number of nitrogens with one attached hydrogen (secondary N) is 1. The highest BCUT2D eigenvalue weighted by atomic mass is 32.1. The van der Waals surface area contributed by atoms with Gasteiger partial charge in [-0.25, -0.2) is 4.39 Å². The Bertz CT molecular complexity index is 529. The Morgan fingerprint density at radius 3 is 2.94 bits per heavy atom. The lowest BCUT2D eigenvalue weighted by molar-refractivity contribution is 0.411. The summed E-state index contributed by atoms with van der Waals surface area (Å²) in [5.74, 6) is 0.0273. The molecule has 88 valence electrons. The molecule has 2 rings (SSSR count). The summed E-state index contributed by atoms with van der Waals surface area (Å²) in [6.07, 6.45) is 1.23. The quantitative estimate of drug-likeness (QED) is 0.802. The number of aromatic nitrogens is 2. The third kappa shape index (κ3) is 2.76. The Kier molecular flexibility index (Phi) is 3.29. The predicted octanol–water partition coefficient (Wildman–Crippen LogP) is 1.46. The van der Waals surface area contributed by atoms with Crippen LogP contribution in [0.3, 0.4) is 0 Å². The van der Waals surface area contributed by atoms with E-state index in [2.05, 4.69) is 20.0 Å². The van der Waals surface area contributed by atoms with Gasteiger partial charge in [-0.2, -0.15) is 4.98 Å². The van der Waals surface area contributed by atoms with Crippen LogP contribution in [0.4, 0.5) is 10.1 Å². The number of halogens is 1. The van der Waals surface area contributed by atoms with Crippen molar-refractivity contribution in [2.75, 3.05) is 5.32 Å². The van der Waals surface area contributed by atoms with Crippen LogP contribution in [0.2, 0.25) is 0 Å². The zero-order chi connectivity index (χ0) is 12.3. The Morgan fingerprint density at radius 1 is 1.53 bits per heavy atom. The zero-order valence-electron chi connectivity index (χ0n) is 8.68. The molecular formula is C10H9FN4OS. The summed E-state index contributed by atoms with van der Waals surface area (Å²) in [4.78, 5) is 3.86. The number of thiocarbonyl (C=S) groups is 1. The standard InChI is InChI=1S/C10H9FN4OS/c11-8-3-6(1-2-7(8)10(12)17)13-4-9-14-5-16-15-9/h1-3,5,13H,4H2,(H2,12,17). The molecular weight excluding hydrogens is 243 g/mol. The van der Waals surface area contributed by atoms with Gasteiger partial charge in [0.1, 0.15) is 10.8 Å². The second-order valence-electron chi connectivity index (χ2n) is 3.26. The summed E-state index contributed by atoms with van der Waals surface area (Å²) in [6.45, 7) is 0.350. The first-order chi connectivity index (χ1) is 8.16. The zero-order valence-corrected chi connectivity index (χ0v) is 9.50. The summed E-state index contributed by atoms with van der Waals surface area (Å²) in [5, 5.41) is 6.56. The number of nitrogens with two attached hydrogens (primary N) is 1. The van der Waals surface area contributed by atoms with Crippen LogP contribution < -0.4 is 11.1 Å². The second kappa shape index (κ2) is 4.88. The van der Waals surface area contributed by atoms with Crippen LogP contribution in [0, 0.1) is 5.82 Å². The third-order valence-electron chi connectivity index (χ3n) is 2.09. The van der Waals surface area contributed by atoms with E-state index in [1.54, 1.807) is 6.07 Å². The van der Waals surface area contributed by atoms with Crippen LogP contribution in [-0.2, 0) is 6.54 Å². The van der Waals surface area contributed by atoms with Crippen molar-refractivity contribution in [2.24, 2.45) is 5.73 Å². The van der Waals surface area contributed by atoms with Crippen molar-refractivity contribution >= 4 is 22.9 Å². The summed E-state index contributed by atoms with van der Waals surface area (Å²) < 4.78 is 18.1. The summed E-state index contributed by atoms with van der Waals surface area (Å²) >= 11 is 4.71. The highest BCUT2D eigenvalue weighted by Gasteiger charge is 2.06. The predicted molar refractivity (Wildman–Crippen MR) is 63.9 cm³/mol. The molecule has 0 fully saturated rings. The average Bonchev–Trinajstić information content (AvgIpc) is 2.78. The molecule has 2 aromatic rings. The van der Waals surface area contributed by atoms with Crippen LogP contribution >= 0.6 is 12.2 Å². The van der Waals surface area contributed by atoms with Gasteiger partial charge in [0.15, 0.2) is 5.82 Å². The summed E-state index contributed by atoms with van der Waals surface area (Å²) in [6, 6.07) is 4.52. The third-order valence-corrected chi connectivity index (χ3v) is 2.31. The molecule has 0 saturated heterocycles. The minimum atomic E-state index is -0.462. The highest BCUT2D eigenvalue weighted by molar-refractivity contribution is 7.80. The Labute approximate surface area is 102 Å². The minimum absolute atomic E-state index is 0.0345. The number of hydrogen-bond donors (Lipinski definition) is 2. The first kappa shape index (κ1) is 11.5. The van der Waals surface area contributed by atoms with Gasteiger partial charge in [0.25, 0.3) is 0 Å². The first-order valence-electron chi connectivity index (χ1n) is 4.75. The fourth-order valence-electron chi connectivity index (χ4n) is 1.28. The lowest BCUT2D eigenvalue weighted by Crippen LogP contribution is -2.12. The van der Waals surface area contributed by atoms with Gasteiger partial charge in [-0.1, -0.05) is 17.4 Å². The van der Waals surface area contributed by atoms with Crippen LogP contribution in [0.25, 0.3) is 0 Å². The normalized spacial score (nSPS) is 10.2. The van der Waals surface area contributed by atoms with Gasteiger partial charge >= 0.3 is 0 Å². The van der Waals surface area contributed by atoms with E-state index in [0.29, 0.717) is 18.1 Å². The van der Waals surface area contributed by atoms with Crippen molar-refractivity contribution in [3.05, 3.63) is 41.8 Å². The molecule has 0 bridgehead atoms. The van der Waals surface area contributed by atoms with Crippen molar-refractivity contribution in [1.29, 1.82) is 0 Å². The molecule has 0 saturated carbocycles. The number of rotatable bonds is 4. The molecule has 7 heteroatoms. The van der Waals surface area contributed by atoms with Gasteiger partial charge in [0.2, 0.25) is 6.39 Å². The van der Waals surface area contributed by atoms with E-state index in [0.717, 1.165) is 0 Å². The molecule has 17 heavy (non-hydrogen) atoms. The van der Waals surface area contributed by atoms with E-state index in [4.69, 9.17) is 18.0 Å². The molecule has 1 heterocycles. The molecule has 0 radical (unpaired) electrons. The van der Waals surface area contributed by atoms with Gasteiger partial charge < -0.3 is 15.6 Å². The highest BCUT2D eigenvalue weighted by Crippen LogP contribution is 2.15. The summed E-state index contributed by atoms with van der Waals surface area (Å²) in [7, 11) is 0. The monoisotopic (exact) mass is 252 g/mol. The van der Waals surface area contributed by atoms with E-state index in [1.165, 1.54) is 18.5 Å². The maximum atomic E-state index is 13.5. The number of hydrogen-bond acceptors (Lipinski definition) is 5. The minimum Gasteiger partial charge on any atom is -0.389 e. The first-order valence-corrected chi connectivity index (χ1v) is 5.16. The molecule has 1 aromatic heterocycles. The lowest BCUT2D eigenvalue weighted by Gasteiger charge is -2.06. The van der Waals surface area contributed by atoms with E-state index >= 15 is 0 Å². The van der Waals surface area contributed by atoms with Gasteiger partial charge in [-0.15, -0.1) is 0 Å². The Morgan fingerprint density at radius 2 is 2.35 bits per heavy atom. The Hall–Kier alpha value is -2.02. The fourth-order valence-corrected chi connectivity index (χ4v) is 1.44. The van der Waals surface area contributed by atoms with Gasteiger partial charge in [-0.3, -0.25) is 0 Å². The van der Waals surface area contributed by atoms with Crippen molar-refractivity contribution in [3.8, 4) is 0 Å². The molecule has 1 aromatic carbocycles. The number of benzene rings is 1. The van der Waals surface area contributed by atoms with Gasteiger partial charge in [0, 0.05) is 11.3 Å². The smallest absolute Gasteiger partial charge is 0.213 e. The largest absolute Gasteiger partial charge is 0.389 e. The fraction of sp³-hybridized carbons (Fsp3) is 0.100. The van der Waals surface area contributed by atoms with Crippen molar-refractivity contribution in [3.63, 3.8) is 0 Å². The molecule has 0 aliphatic carbocycles. The number of anilines is 1. The molecule has 0 amide bonds. The summed E-state index contributed by atoms with van der Waals surface area (Å²) in [5.41, 5.74) is 6.17. The van der Waals surface area contributed by atoms with Crippen molar-refractivity contribution in [2.45, 2.75) is 6.54 Å².